The molecule has 0 unspecified atom stereocenters. The third-order valence-electron chi connectivity index (χ3n) is 5.18. The lowest BCUT2D eigenvalue weighted by molar-refractivity contribution is 0.461. The first kappa shape index (κ1) is 20.6. The smallest absolute Gasteiger partial charge is 0.223 e. The van der Waals surface area contributed by atoms with Crippen LogP contribution in [-0.4, -0.2) is 22.2 Å². The molecule has 4 nitrogen and oxygen atoms in total. The molecule has 1 aromatic heterocycles. The molecule has 144 valence electrons. The summed E-state index contributed by atoms with van der Waals surface area (Å²) < 4.78 is 0. The van der Waals surface area contributed by atoms with E-state index in [1.54, 1.807) is 0 Å². The van der Waals surface area contributed by atoms with E-state index < -0.39 is 0 Å². The Morgan fingerprint density at radius 2 is 1.92 bits per heavy atom. The topological polar surface area (TPSA) is 61.7 Å². The molecule has 0 aromatic carbocycles. The minimum Gasteiger partial charge on any atom is -0.351 e. The summed E-state index contributed by atoms with van der Waals surface area (Å²) in [6.07, 6.45) is 15.7. The molecule has 1 heterocycles. The molecule has 26 heavy (non-hydrogen) atoms. The highest BCUT2D eigenvalue weighted by Crippen LogP contribution is 2.38. The van der Waals surface area contributed by atoms with Crippen LogP contribution in [0, 0.1) is 11.3 Å². The number of hydrogen-bond donors (Lipinski definition) is 2. The van der Waals surface area contributed by atoms with E-state index in [2.05, 4.69) is 17.2 Å². The number of rotatable bonds is 8. The van der Waals surface area contributed by atoms with Crippen molar-refractivity contribution >= 4 is 17.7 Å². The van der Waals surface area contributed by atoms with E-state index in [9.17, 15) is 0 Å². The van der Waals surface area contributed by atoms with E-state index in [-0.39, 0.29) is 0 Å². The molecule has 0 atom stereocenters. The third kappa shape index (κ3) is 6.22. The summed E-state index contributed by atoms with van der Waals surface area (Å²) in [5, 5.41) is 11.4. The van der Waals surface area contributed by atoms with Gasteiger partial charge in [0.05, 0.1) is 5.69 Å². The summed E-state index contributed by atoms with van der Waals surface area (Å²) >= 11 is 0. The van der Waals surface area contributed by atoms with Gasteiger partial charge in [-0.25, -0.2) is 9.97 Å². The van der Waals surface area contributed by atoms with Gasteiger partial charge in [-0.1, -0.05) is 52.0 Å². The number of nitrogens with one attached hydrogen (secondary N) is 2. The molecule has 2 fully saturated rings. The van der Waals surface area contributed by atoms with Crippen LogP contribution in [0.2, 0.25) is 0 Å². The summed E-state index contributed by atoms with van der Waals surface area (Å²) in [7, 11) is 0. The molecular formula is C22H36N4. The van der Waals surface area contributed by atoms with Crippen molar-refractivity contribution in [2.45, 2.75) is 91.0 Å². The lowest BCUT2D eigenvalue weighted by Gasteiger charge is -2.22. The fraction of sp³-hybridized carbons (Fsp3) is 0.682. The minimum absolute atomic E-state index is 0.503. The number of aromatic nitrogens is 2. The van der Waals surface area contributed by atoms with E-state index in [0.717, 1.165) is 42.4 Å². The first-order chi connectivity index (χ1) is 12.8. The Labute approximate surface area is 159 Å². The normalized spacial score (nSPS) is 18.4. The summed E-state index contributed by atoms with van der Waals surface area (Å²) in [6.45, 7) is 6.21. The fourth-order valence-corrected chi connectivity index (χ4v) is 3.68. The van der Waals surface area contributed by atoms with Crippen molar-refractivity contribution in [2.75, 3.05) is 5.32 Å². The zero-order valence-corrected chi connectivity index (χ0v) is 16.9. The van der Waals surface area contributed by atoms with E-state index in [0.29, 0.717) is 6.04 Å². The van der Waals surface area contributed by atoms with Gasteiger partial charge < -0.3 is 10.7 Å². The average molecular weight is 357 g/mol. The molecule has 2 saturated carbocycles. The second-order valence-electron chi connectivity index (χ2n) is 7.30. The van der Waals surface area contributed by atoms with Gasteiger partial charge in [0.25, 0.3) is 0 Å². The summed E-state index contributed by atoms with van der Waals surface area (Å²) in [6, 6.07) is 2.46. The van der Waals surface area contributed by atoms with Crippen LogP contribution in [0.25, 0.3) is 5.57 Å². The standard InChI is InChI=1S/C20H30N4.C2H6/c1-2-6-16(13-15-9-10-15)18(14-21)19-11-12-22-20(24-19)23-17-7-4-3-5-8-17;1-2/h11-12,14-15,17,21H,2-10,13H2,1H3,(H,22,23,24);1-2H3/b18-16-,21-14?;. The Bertz CT molecular complexity index is 584. The average Bonchev–Trinajstić information content (AvgIpc) is 3.49. The predicted molar refractivity (Wildman–Crippen MR) is 112 cm³/mol. The van der Waals surface area contributed by atoms with Gasteiger partial charge in [-0.05, 0) is 50.5 Å². The number of nitrogens with zero attached hydrogens (tertiary/aromatic N) is 2. The van der Waals surface area contributed by atoms with Gasteiger partial charge in [0.2, 0.25) is 5.95 Å². The third-order valence-corrected chi connectivity index (χ3v) is 5.18. The van der Waals surface area contributed by atoms with Crippen LogP contribution in [0.5, 0.6) is 0 Å². The van der Waals surface area contributed by atoms with Crippen molar-refractivity contribution in [3.8, 4) is 0 Å². The zero-order valence-electron chi connectivity index (χ0n) is 16.9. The molecule has 4 heteroatoms. The molecule has 0 aliphatic heterocycles. The van der Waals surface area contributed by atoms with Crippen LogP contribution in [0.1, 0.15) is 90.7 Å². The summed E-state index contributed by atoms with van der Waals surface area (Å²) in [4.78, 5) is 9.15. The molecule has 2 aliphatic rings. The van der Waals surface area contributed by atoms with Crippen LogP contribution in [0.3, 0.4) is 0 Å². The zero-order chi connectivity index (χ0) is 18.8. The molecule has 3 rings (SSSR count). The van der Waals surface area contributed by atoms with Gasteiger partial charge in [0, 0.05) is 24.0 Å². The maximum absolute atomic E-state index is 7.93. The van der Waals surface area contributed by atoms with Crippen LogP contribution in [0.15, 0.2) is 17.8 Å². The summed E-state index contributed by atoms with van der Waals surface area (Å²) in [5.74, 6) is 1.56. The molecule has 2 aliphatic carbocycles. The largest absolute Gasteiger partial charge is 0.351 e. The van der Waals surface area contributed by atoms with Crippen LogP contribution >= 0.6 is 0 Å². The van der Waals surface area contributed by atoms with Gasteiger partial charge in [-0.15, -0.1) is 0 Å². The maximum Gasteiger partial charge on any atom is 0.223 e. The van der Waals surface area contributed by atoms with E-state index >= 15 is 0 Å². The van der Waals surface area contributed by atoms with Crippen molar-refractivity contribution in [2.24, 2.45) is 5.92 Å². The molecule has 0 radical (unpaired) electrons. The number of anilines is 1. The predicted octanol–water partition coefficient (Wildman–Crippen LogP) is 6.25. The number of allylic oxidation sites excluding steroid dienone is 2. The van der Waals surface area contributed by atoms with Crippen molar-refractivity contribution < 1.29 is 0 Å². The van der Waals surface area contributed by atoms with Crippen molar-refractivity contribution in [1.29, 1.82) is 5.41 Å². The molecule has 0 saturated heterocycles. The monoisotopic (exact) mass is 356 g/mol. The van der Waals surface area contributed by atoms with E-state index in [4.69, 9.17) is 10.4 Å². The fourth-order valence-electron chi connectivity index (χ4n) is 3.68. The highest BCUT2D eigenvalue weighted by Gasteiger charge is 2.24. The minimum atomic E-state index is 0.503. The van der Waals surface area contributed by atoms with Gasteiger partial charge in [0.1, 0.15) is 0 Å². The van der Waals surface area contributed by atoms with Crippen LogP contribution in [0.4, 0.5) is 5.95 Å². The molecular weight excluding hydrogens is 320 g/mol. The molecule has 0 spiro atoms. The van der Waals surface area contributed by atoms with E-state index in [1.165, 1.54) is 56.7 Å². The Morgan fingerprint density at radius 3 is 2.54 bits per heavy atom. The van der Waals surface area contributed by atoms with E-state index in [1.807, 2.05) is 26.1 Å². The Hall–Kier alpha value is -1.71. The second kappa shape index (κ2) is 11.1. The van der Waals surface area contributed by atoms with Crippen molar-refractivity contribution in [1.82, 2.24) is 9.97 Å². The quantitative estimate of drug-likeness (QED) is 0.541. The lowest BCUT2D eigenvalue weighted by Crippen LogP contribution is -2.23. The number of hydrogen-bond acceptors (Lipinski definition) is 4. The lowest BCUT2D eigenvalue weighted by atomic mass is 9.95. The first-order valence-electron chi connectivity index (χ1n) is 10.6. The van der Waals surface area contributed by atoms with Crippen molar-refractivity contribution in [3.05, 3.63) is 23.5 Å². The maximum atomic E-state index is 7.93. The second-order valence-corrected chi connectivity index (χ2v) is 7.30. The van der Waals surface area contributed by atoms with Gasteiger partial charge in [0.15, 0.2) is 0 Å². The van der Waals surface area contributed by atoms with Gasteiger partial charge >= 0.3 is 0 Å². The van der Waals surface area contributed by atoms with Gasteiger partial charge in [-0.3, -0.25) is 0 Å². The molecule has 0 bridgehead atoms. The van der Waals surface area contributed by atoms with Crippen LogP contribution in [-0.2, 0) is 0 Å². The Kier molecular flexibility index (Phi) is 8.79. The SMILES string of the molecule is CC.CCC/C(CC1CC1)=C(\C=N)c1ccnc(NC2CCCCC2)n1. The van der Waals surface area contributed by atoms with Crippen molar-refractivity contribution in [3.63, 3.8) is 0 Å². The molecule has 1 aromatic rings. The molecule has 0 amide bonds. The Balaban J connectivity index is 0.00000117. The highest BCUT2D eigenvalue weighted by molar-refractivity contribution is 6.08. The summed E-state index contributed by atoms with van der Waals surface area (Å²) in [5.41, 5.74) is 3.32. The first-order valence-corrected chi connectivity index (χ1v) is 10.6. The highest BCUT2D eigenvalue weighted by atomic mass is 15.1. The molecule has 2 N–H and O–H groups in total. The Morgan fingerprint density at radius 1 is 1.19 bits per heavy atom. The van der Waals surface area contributed by atoms with Crippen LogP contribution < -0.4 is 5.32 Å². The van der Waals surface area contributed by atoms with Gasteiger partial charge in [-0.2, -0.15) is 0 Å².